The van der Waals surface area contributed by atoms with E-state index in [9.17, 15) is 28.9 Å². The lowest BCUT2D eigenvalue weighted by atomic mass is 10.1. The predicted octanol–water partition coefficient (Wildman–Crippen LogP) is 15.4. The second-order valence-corrected chi connectivity index (χ2v) is 19.1. The summed E-state index contributed by atoms with van der Waals surface area (Å²) in [6.07, 6.45) is 54.6. The average Bonchev–Trinajstić information content (AvgIpc) is 3.32. The number of unbranched alkanes of at least 4 members (excludes halogenated alkanes) is 20. The van der Waals surface area contributed by atoms with E-state index in [1.54, 1.807) is 0 Å². The number of aliphatic hydroxyl groups excluding tert-OH is 1. The zero-order chi connectivity index (χ0) is 49.9. The molecule has 3 atom stereocenters. The van der Waals surface area contributed by atoms with Crippen molar-refractivity contribution in [2.45, 2.75) is 238 Å². The number of ether oxygens (including phenoxy) is 3. The standard InChI is InChI=1S/C56H97O11P/c1-4-7-10-13-16-19-22-24-25-26-27-29-31-33-36-39-42-45-54(58)63-49-53(67-56(60)47-44-41-38-35-32-28-23-20-17-14-11-8-5-2)51-65-68(61,62)64-50-52(48-57)66-55(59)46-43-40-37-34-30-21-18-15-12-9-6-3/h8,11,15,17-18,20,24-25,28,32,38,41,52-53,57H,4-7,9-10,12-14,16,19,21-23,26-27,29-31,33-37,39-40,42-51H2,1-3H3,(H,61,62)/b11-8-,18-15-,20-17-,25-24-,32-28-,41-38-. The molecule has 0 amide bonds. The largest absolute Gasteiger partial charge is 0.472 e. The molecule has 0 spiro atoms. The molecule has 0 aromatic heterocycles. The first kappa shape index (κ1) is 64.9. The highest BCUT2D eigenvalue weighted by Crippen LogP contribution is 2.43. The lowest BCUT2D eigenvalue weighted by molar-refractivity contribution is -0.161. The predicted molar refractivity (Wildman–Crippen MR) is 279 cm³/mol. The maximum absolute atomic E-state index is 12.8. The molecule has 0 aromatic carbocycles. The Bertz CT molecular complexity index is 1420. The van der Waals surface area contributed by atoms with Gasteiger partial charge in [0.25, 0.3) is 0 Å². The third-order valence-electron chi connectivity index (χ3n) is 11.1. The van der Waals surface area contributed by atoms with Crippen LogP contribution in [0.4, 0.5) is 0 Å². The van der Waals surface area contributed by atoms with Crippen molar-refractivity contribution in [3.63, 3.8) is 0 Å². The van der Waals surface area contributed by atoms with Crippen LogP contribution in [0.2, 0.25) is 0 Å². The first-order valence-corrected chi connectivity index (χ1v) is 28.3. The van der Waals surface area contributed by atoms with Crippen LogP contribution in [0.1, 0.15) is 226 Å². The Morgan fingerprint density at radius 3 is 1.31 bits per heavy atom. The number of phosphoric acid groups is 1. The molecule has 0 radical (unpaired) electrons. The van der Waals surface area contributed by atoms with Gasteiger partial charge in [0.1, 0.15) is 12.7 Å². The van der Waals surface area contributed by atoms with E-state index in [-0.39, 0.29) is 25.9 Å². The fourth-order valence-corrected chi connectivity index (χ4v) is 7.78. The molecule has 68 heavy (non-hydrogen) atoms. The Balaban J connectivity index is 4.80. The average molecular weight is 977 g/mol. The molecule has 0 rings (SSSR count). The molecule has 3 unspecified atom stereocenters. The second kappa shape index (κ2) is 50.3. The van der Waals surface area contributed by atoms with Crippen molar-refractivity contribution in [1.82, 2.24) is 0 Å². The molecule has 0 aliphatic rings. The Labute approximate surface area is 414 Å². The summed E-state index contributed by atoms with van der Waals surface area (Å²) >= 11 is 0. The van der Waals surface area contributed by atoms with Crippen molar-refractivity contribution in [2.24, 2.45) is 0 Å². The number of esters is 3. The van der Waals surface area contributed by atoms with Crippen molar-refractivity contribution in [3.8, 4) is 0 Å². The molecule has 0 fully saturated rings. The summed E-state index contributed by atoms with van der Waals surface area (Å²) in [4.78, 5) is 48.3. The summed E-state index contributed by atoms with van der Waals surface area (Å²) < 4.78 is 39.3. The molecular formula is C56H97O11P. The zero-order valence-corrected chi connectivity index (χ0v) is 43.9. The van der Waals surface area contributed by atoms with Crippen molar-refractivity contribution in [1.29, 1.82) is 0 Å². The molecular weight excluding hydrogens is 880 g/mol. The van der Waals surface area contributed by atoms with Gasteiger partial charge in [0.05, 0.1) is 19.8 Å². The van der Waals surface area contributed by atoms with Crippen molar-refractivity contribution < 1.29 is 52.2 Å². The number of phosphoric ester groups is 1. The molecule has 0 saturated carbocycles. The SMILES string of the molecule is CC/C=C\C/C=C\C/C=C\C/C=C\CCC(=O)OC(COC(=O)CCCCCCCCC/C=C\CCCCCCCC)COP(=O)(O)OCC(CO)OC(=O)CCCCCCC/C=C\CCCC. The van der Waals surface area contributed by atoms with Crippen LogP contribution < -0.4 is 0 Å². The third-order valence-corrected chi connectivity index (χ3v) is 12.0. The van der Waals surface area contributed by atoms with Crippen LogP contribution in [0, 0.1) is 0 Å². The van der Waals surface area contributed by atoms with Gasteiger partial charge in [-0.3, -0.25) is 23.4 Å². The topological polar surface area (TPSA) is 155 Å². The minimum Gasteiger partial charge on any atom is -0.462 e. The van der Waals surface area contributed by atoms with Gasteiger partial charge in [0.15, 0.2) is 6.10 Å². The van der Waals surface area contributed by atoms with E-state index in [0.29, 0.717) is 19.3 Å². The fraction of sp³-hybridized carbons (Fsp3) is 0.732. The van der Waals surface area contributed by atoms with Crippen LogP contribution >= 0.6 is 7.82 Å². The number of allylic oxidation sites excluding steroid dienone is 12. The van der Waals surface area contributed by atoms with E-state index in [1.807, 2.05) is 12.2 Å². The Morgan fingerprint density at radius 1 is 0.426 bits per heavy atom. The number of carbonyl (C=O) groups excluding carboxylic acids is 3. The van der Waals surface area contributed by atoms with E-state index in [2.05, 4.69) is 81.5 Å². The molecule has 392 valence electrons. The van der Waals surface area contributed by atoms with E-state index in [1.165, 1.54) is 77.0 Å². The maximum atomic E-state index is 12.8. The Morgan fingerprint density at radius 2 is 0.809 bits per heavy atom. The molecule has 0 saturated heterocycles. The fourth-order valence-electron chi connectivity index (χ4n) is 6.99. The maximum Gasteiger partial charge on any atom is 0.472 e. The summed E-state index contributed by atoms with van der Waals surface area (Å²) in [5.74, 6) is -1.58. The second-order valence-electron chi connectivity index (χ2n) is 17.7. The van der Waals surface area contributed by atoms with Gasteiger partial charge in [-0.2, -0.15) is 0 Å². The zero-order valence-electron chi connectivity index (χ0n) is 43.1. The molecule has 12 heteroatoms. The molecule has 2 N–H and O–H groups in total. The highest BCUT2D eigenvalue weighted by Gasteiger charge is 2.28. The molecule has 0 aromatic rings. The monoisotopic (exact) mass is 977 g/mol. The minimum atomic E-state index is -4.76. The minimum absolute atomic E-state index is 0.0439. The van der Waals surface area contributed by atoms with Gasteiger partial charge in [-0.05, 0) is 89.9 Å². The molecule has 11 nitrogen and oxygen atoms in total. The lowest BCUT2D eigenvalue weighted by Crippen LogP contribution is -2.30. The lowest BCUT2D eigenvalue weighted by Gasteiger charge is -2.21. The van der Waals surface area contributed by atoms with Gasteiger partial charge >= 0.3 is 25.7 Å². The molecule has 0 heterocycles. The van der Waals surface area contributed by atoms with Crippen molar-refractivity contribution in [3.05, 3.63) is 72.9 Å². The number of aliphatic hydroxyl groups is 1. The van der Waals surface area contributed by atoms with Crippen LogP contribution in [0.3, 0.4) is 0 Å². The Hall–Kier alpha value is -3.08. The number of carbonyl (C=O) groups is 3. The van der Waals surface area contributed by atoms with E-state index >= 15 is 0 Å². The van der Waals surface area contributed by atoms with Crippen molar-refractivity contribution in [2.75, 3.05) is 26.4 Å². The summed E-state index contributed by atoms with van der Waals surface area (Å²) in [6.45, 7) is 4.38. The van der Waals surface area contributed by atoms with Gasteiger partial charge in [-0.15, -0.1) is 0 Å². The van der Waals surface area contributed by atoms with Gasteiger partial charge < -0.3 is 24.2 Å². The summed E-state index contributed by atoms with van der Waals surface area (Å²) in [7, 11) is -4.76. The van der Waals surface area contributed by atoms with Crippen molar-refractivity contribution >= 4 is 25.7 Å². The molecule has 0 aliphatic carbocycles. The first-order valence-electron chi connectivity index (χ1n) is 26.8. The van der Waals surface area contributed by atoms with E-state index in [0.717, 1.165) is 89.9 Å². The van der Waals surface area contributed by atoms with E-state index in [4.69, 9.17) is 23.3 Å². The smallest absolute Gasteiger partial charge is 0.462 e. The number of rotatable bonds is 49. The molecule has 0 aliphatic heterocycles. The van der Waals surface area contributed by atoms with Crippen LogP contribution in [-0.2, 0) is 42.2 Å². The first-order chi connectivity index (χ1) is 33.2. The third kappa shape index (κ3) is 48.0. The van der Waals surface area contributed by atoms with Crippen LogP contribution in [0.25, 0.3) is 0 Å². The van der Waals surface area contributed by atoms with Gasteiger partial charge in [0.2, 0.25) is 0 Å². The Kier molecular flexibility index (Phi) is 48.0. The summed E-state index contributed by atoms with van der Waals surface area (Å²) in [5, 5.41) is 9.76. The number of hydrogen-bond acceptors (Lipinski definition) is 10. The van der Waals surface area contributed by atoms with Gasteiger partial charge in [-0.1, -0.05) is 190 Å². The van der Waals surface area contributed by atoms with E-state index < -0.39 is 57.8 Å². The normalized spacial score (nSPS) is 14.0. The highest BCUT2D eigenvalue weighted by molar-refractivity contribution is 7.47. The summed E-state index contributed by atoms with van der Waals surface area (Å²) in [6, 6.07) is 0. The summed E-state index contributed by atoms with van der Waals surface area (Å²) in [5.41, 5.74) is 0. The van der Waals surface area contributed by atoms with Gasteiger partial charge in [-0.25, -0.2) is 4.57 Å². The molecule has 0 bridgehead atoms. The van der Waals surface area contributed by atoms with Crippen LogP contribution in [-0.4, -0.2) is 66.5 Å². The highest BCUT2D eigenvalue weighted by atomic mass is 31.2. The quantitative estimate of drug-likeness (QED) is 0.0197. The van der Waals surface area contributed by atoms with Crippen LogP contribution in [0.15, 0.2) is 72.9 Å². The number of hydrogen-bond donors (Lipinski definition) is 2. The van der Waals surface area contributed by atoms with Gasteiger partial charge in [0, 0.05) is 19.3 Å². The van der Waals surface area contributed by atoms with Crippen LogP contribution in [0.5, 0.6) is 0 Å².